The molecular weight excluding hydrogens is 332 g/mol. The van der Waals surface area contributed by atoms with E-state index >= 15 is 0 Å². The monoisotopic (exact) mass is 354 g/mol. The number of rotatable bonds is 6. The second-order valence-electron chi connectivity index (χ2n) is 6.36. The molecule has 130 valence electrons. The number of nitrogens with one attached hydrogen (secondary N) is 1. The van der Waals surface area contributed by atoms with Crippen LogP contribution in [0.15, 0.2) is 43.0 Å². The van der Waals surface area contributed by atoms with Crippen LogP contribution in [0.3, 0.4) is 0 Å². The van der Waals surface area contributed by atoms with Crippen molar-refractivity contribution in [2.75, 3.05) is 0 Å². The molecule has 3 aromatic rings. The number of nitrogens with zero attached hydrogens (tertiary/aromatic N) is 3. The van der Waals surface area contributed by atoms with Crippen LogP contribution in [0.4, 0.5) is 0 Å². The zero-order chi connectivity index (χ0) is 17.8. The summed E-state index contributed by atoms with van der Waals surface area (Å²) in [6, 6.07) is 8.23. The van der Waals surface area contributed by atoms with Gasteiger partial charge in [-0.05, 0) is 18.1 Å². The van der Waals surface area contributed by atoms with E-state index in [9.17, 15) is 4.79 Å². The molecule has 6 heteroatoms. The first kappa shape index (κ1) is 17.4. The molecule has 5 nitrogen and oxygen atoms in total. The number of hydrogen-bond acceptors (Lipinski definition) is 4. The number of amides is 1. The van der Waals surface area contributed by atoms with E-state index < -0.39 is 0 Å². The van der Waals surface area contributed by atoms with Crippen molar-refractivity contribution < 1.29 is 4.79 Å². The number of imidazole rings is 1. The Morgan fingerprint density at radius 3 is 2.80 bits per heavy atom. The van der Waals surface area contributed by atoms with E-state index in [0.29, 0.717) is 17.3 Å². The highest BCUT2D eigenvalue weighted by Crippen LogP contribution is 2.24. The van der Waals surface area contributed by atoms with Gasteiger partial charge in [-0.2, -0.15) is 0 Å². The fourth-order valence-electron chi connectivity index (χ4n) is 2.57. The molecule has 0 aliphatic carbocycles. The number of aryl methyl sites for hydroxylation is 1. The maximum atomic E-state index is 12.5. The molecule has 0 aliphatic rings. The molecule has 0 radical (unpaired) electrons. The van der Waals surface area contributed by atoms with Crippen LogP contribution in [-0.4, -0.2) is 20.4 Å². The van der Waals surface area contributed by atoms with Crippen molar-refractivity contribution in [2.45, 2.75) is 39.8 Å². The molecule has 1 N–H and O–H groups in total. The lowest BCUT2D eigenvalue weighted by Gasteiger charge is -2.07. The first-order valence-corrected chi connectivity index (χ1v) is 9.13. The predicted molar refractivity (Wildman–Crippen MR) is 99.9 cm³/mol. The average molecular weight is 354 g/mol. The maximum Gasteiger partial charge on any atom is 0.263 e. The van der Waals surface area contributed by atoms with Gasteiger partial charge in [-0.25, -0.2) is 9.97 Å². The molecular formula is C19H22N4OS. The van der Waals surface area contributed by atoms with Gasteiger partial charge in [0.05, 0.1) is 17.0 Å². The van der Waals surface area contributed by atoms with Gasteiger partial charge >= 0.3 is 0 Å². The Labute approximate surface area is 151 Å². The highest BCUT2D eigenvalue weighted by Gasteiger charge is 2.16. The van der Waals surface area contributed by atoms with Crippen LogP contribution in [0.5, 0.6) is 0 Å². The van der Waals surface area contributed by atoms with Crippen LogP contribution in [0.25, 0.3) is 0 Å². The van der Waals surface area contributed by atoms with E-state index in [4.69, 9.17) is 0 Å². The molecule has 0 bridgehead atoms. The number of thiazole rings is 1. The van der Waals surface area contributed by atoms with E-state index in [1.54, 1.807) is 12.5 Å². The standard InChI is InChI=1S/C19H22N4OS/c1-13(2)19-22-14(3)17(25-19)18(24)21-10-15-5-4-6-16(9-15)11-23-8-7-20-12-23/h4-9,12-13H,10-11H2,1-3H3,(H,21,24). The van der Waals surface area contributed by atoms with Gasteiger partial charge in [-0.1, -0.05) is 38.1 Å². The third-order valence-electron chi connectivity index (χ3n) is 3.88. The van der Waals surface area contributed by atoms with Crippen LogP contribution in [0.2, 0.25) is 0 Å². The second kappa shape index (κ2) is 7.61. The smallest absolute Gasteiger partial charge is 0.263 e. The Morgan fingerprint density at radius 2 is 2.12 bits per heavy atom. The highest BCUT2D eigenvalue weighted by atomic mass is 32.1. The summed E-state index contributed by atoms with van der Waals surface area (Å²) in [5.41, 5.74) is 3.07. The van der Waals surface area contributed by atoms with Crippen molar-refractivity contribution in [3.63, 3.8) is 0 Å². The summed E-state index contributed by atoms with van der Waals surface area (Å²) < 4.78 is 2.02. The van der Waals surface area contributed by atoms with Gasteiger partial charge in [0.1, 0.15) is 4.88 Å². The topological polar surface area (TPSA) is 59.8 Å². The predicted octanol–water partition coefficient (Wildman–Crippen LogP) is 3.75. The minimum atomic E-state index is -0.0538. The average Bonchev–Trinajstić information content (AvgIpc) is 3.22. The van der Waals surface area contributed by atoms with E-state index in [2.05, 4.69) is 41.3 Å². The third-order valence-corrected chi connectivity index (χ3v) is 5.34. The van der Waals surface area contributed by atoms with Gasteiger partial charge in [-0.3, -0.25) is 4.79 Å². The van der Waals surface area contributed by atoms with Gasteiger partial charge < -0.3 is 9.88 Å². The van der Waals surface area contributed by atoms with E-state index in [0.717, 1.165) is 22.8 Å². The Morgan fingerprint density at radius 1 is 1.32 bits per heavy atom. The second-order valence-corrected chi connectivity index (χ2v) is 7.39. The van der Waals surface area contributed by atoms with Gasteiger partial charge in [0.25, 0.3) is 5.91 Å². The molecule has 0 saturated carbocycles. The van der Waals surface area contributed by atoms with Gasteiger partial charge in [0, 0.05) is 31.4 Å². The summed E-state index contributed by atoms with van der Waals surface area (Å²) in [4.78, 5) is 21.7. The van der Waals surface area contributed by atoms with Crippen LogP contribution in [0, 0.1) is 6.92 Å². The quantitative estimate of drug-likeness (QED) is 0.733. The van der Waals surface area contributed by atoms with Crippen molar-refractivity contribution in [2.24, 2.45) is 0 Å². The van der Waals surface area contributed by atoms with Gasteiger partial charge in [0.15, 0.2) is 0 Å². The molecule has 2 heterocycles. The lowest BCUT2D eigenvalue weighted by Crippen LogP contribution is -2.22. The highest BCUT2D eigenvalue weighted by molar-refractivity contribution is 7.13. The molecule has 25 heavy (non-hydrogen) atoms. The first-order valence-electron chi connectivity index (χ1n) is 8.32. The zero-order valence-electron chi connectivity index (χ0n) is 14.7. The van der Waals surface area contributed by atoms with Crippen LogP contribution < -0.4 is 5.32 Å². The summed E-state index contributed by atoms with van der Waals surface area (Å²) in [5, 5.41) is 4.01. The zero-order valence-corrected chi connectivity index (χ0v) is 15.5. The molecule has 3 rings (SSSR count). The molecule has 0 atom stereocenters. The van der Waals surface area contributed by atoms with Crippen molar-refractivity contribution in [1.29, 1.82) is 0 Å². The number of benzene rings is 1. The van der Waals surface area contributed by atoms with Crippen LogP contribution in [0.1, 0.15) is 51.3 Å². The Balaban J connectivity index is 1.64. The van der Waals surface area contributed by atoms with E-state index in [-0.39, 0.29) is 5.91 Å². The number of carbonyl (C=O) groups excluding carboxylic acids is 1. The SMILES string of the molecule is Cc1nc(C(C)C)sc1C(=O)NCc1cccc(Cn2ccnc2)c1. The van der Waals surface area contributed by atoms with E-state index in [1.165, 1.54) is 16.9 Å². The molecule has 1 amide bonds. The van der Waals surface area contributed by atoms with Crippen molar-refractivity contribution in [3.8, 4) is 0 Å². The number of aromatic nitrogens is 3. The molecule has 0 saturated heterocycles. The largest absolute Gasteiger partial charge is 0.347 e. The Bertz CT molecular complexity index is 852. The molecule has 0 aliphatic heterocycles. The normalized spacial score (nSPS) is 11.0. The molecule has 1 aromatic carbocycles. The van der Waals surface area contributed by atoms with Crippen molar-refractivity contribution in [1.82, 2.24) is 19.9 Å². The summed E-state index contributed by atoms with van der Waals surface area (Å²) in [6.45, 7) is 7.35. The van der Waals surface area contributed by atoms with Crippen LogP contribution >= 0.6 is 11.3 Å². The van der Waals surface area contributed by atoms with Gasteiger partial charge in [-0.15, -0.1) is 11.3 Å². The minimum absolute atomic E-state index is 0.0538. The Kier molecular flexibility index (Phi) is 5.28. The summed E-state index contributed by atoms with van der Waals surface area (Å²) >= 11 is 1.48. The maximum absolute atomic E-state index is 12.5. The molecule has 2 aromatic heterocycles. The van der Waals surface area contributed by atoms with Gasteiger partial charge in [0.2, 0.25) is 0 Å². The van der Waals surface area contributed by atoms with E-state index in [1.807, 2.05) is 29.8 Å². The molecule has 0 fully saturated rings. The third kappa shape index (κ3) is 4.33. The van der Waals surface area contributed by atoms with Crippen LogP contribution in [-0.2, 0) is 13.1 Å². The van der Waals surface area contributed by atoms with Crippen molar-refractivity contribution in [3.05, 3.63) is 69.7 Å². The number of carbonyl (C=O) groups is 1. The minimum Gasteiger partial charge on any atom is -0.347 e. The molecule has 0 unspecified atom stereocenters. The fourth-order valence-corrected chi connectivity index (χ4v) is 3.55. The fraction of sp³-hybridized carbons (Fsp3) is 0.316. The Hall–Kier alpha value is -2.47. The first-order chi connectivity index (χ1) is 12.0. The number of hydrogen-bond donors (Lipinski definition) is 1. The summed E-state index contributed by atoms with van der Waals surface area (Å²) in [7, 11) is 0. The lowest BCUT2D eigenvalue weighted by molar-refractivity contribution is 0.0954. The molecule has 0 spiro atoms. The summed E-state index contributed by atoms with van der Waals surface area (Å²) in [5.74, 6) is 0.284. The summed E-state index contributed by atoms with van der Waals surface area (Å²) in [6.07, 6.45) is 5.51. The van der Waals surface area contributed by atoms with Crippen molar-refractivity contribution >= 4 is 17.2 Å². The lowest BCUT2D eigenvalue weighted by atomic mass is 10.1.